The van der Waals surface area contributed by atoms with Crippen molar-refractivity contribution in [1.29, 1.82) is 0 Å². The number of aromatic nitrogens is 1. The van der Waals surface area contributed by atoms with Crippen LogP contribution in [0.2, 0.25) is 0 Å². The number of allylic oxidation sites excluding steroid dienone is 1. The molecule has 1 N–H and O–H groups in total. The Morgan fingerprint density at radius 1 is 1.06 bits per heavy atom. The minimum atomic E-state index is -0.497. The average molecular weight is 469 g/mol. The van der Waals surface area contributed by atoms with Gasteiger partial charge in [-0.3, -0.25) is 4.79 Å². The smallest absolute Gasteiger partial charge is 0.339 e. The highest BCUT2D eigenvalue weighted by Gasteiger charge is 2.28. The van der Waals surface area contributed by atoms with Gasteiger partial charge >= 0.3 is 5.97 Å². The highest BCUT2D eigenvalue weighted by Crippen LogP contribution is 2.38. The van der Waals surface area contributed by atoms with Crippen molar-refractivity contribution in [2.45, 2.75) is 26.7 Å². The number of aryl methyl sites for hydroxylation is 2. The van der Waals surface area contributed by atoms with Gasteiger partial charge in [0.15, 0.2) is 6.61 Å². The molecule has 1 aliphatic rings. The number of ether oxygens (including phenoxy) is 1. The third kappa shape index (κ3) is 4.50. The summed E-state index contributed by atoms with van der Waals surface area (Å²) >= 11 is 1.67. The fourth-order valence-electron chi connectivity index (χ4n) is 4.50. The second-order valence-corrected chi connectivity index (χ2v) is 9.50. The summed E-state index contributed by atoms with van der Waals surface area (Å²) in [6, 6.07) is 17.5. The first-order chi connectivity index (χ1) is 16.5. The number of hydrogen-bond donors (Lipinski definition) is 1. The Labute approximate surface area is 202 Å². The number of pyridine rings is 1. The Bertz CT molecular complexity index is 1420. The van der Waals surface area contributed by atoms with Crippen LogP contribution in [0.1, 0.15) is 44.0 Å². The van der Waals surface area contributed by atoms with Gasteiger partial charge in [0.25, 0.3) is 5.91 Å². The van der Waals surface area contributed by atoms with E-state index in [-0.39, 0.29) is 12.5 Å². The number of rotatable bonds is 5. The lowest BCUT2D eigenvalue weighted by molar-refractivity contribution is -0.119. The van der Waals surface area contributed by atoms with E-state index in [0.717, 1.165) is 50.2 Å². The van der Waals surface area contributed by atoms with Crippen LogP contribution in [0.4, 0.5) is 5.69 Å². The molecule has 4 aromatic rings. The Morgan fingerprint density at radius 2 is 1.85 bits per heavy atom. The van der Waals surface area contributed by atoms with Crippen LogP contribution in [-0.2, 0) is 16.0 Å². The van der Waals surface area contributed by atoms with E-state index in [1.165, 1.54) is 0 Å². The number of para-hydroxylation sites is 1. The molecule has 0 saturated carbocycles. The summed E-state index contributed by atoms with van der Waals surface area (Å²) in [5, 5.41) is 5.61. The van der Waals surface area contributed by atoms with Crippen molar-refractivity contribution in [2.24, 2.45) is 0 Å². The van der Waals surface area contributed by atoms with Gasteiger partial charge in [-0.1, -0.05) is 30.3 Å². The van der Waals surface area contributed by atoms with Gasteiger partial charge in [-0.2, -0.15) is 0 Å². The molecule has 1 amide bonds. The topological polar surface area (TPSA) is 68.3 Å². The van der Waals surface area contributed by atoms with Crippen molar-refractivity contribution in [3.05, 3.63) is 92.8 Å². The largest absolute Gasteiger partial charge is 0.452 e. The zero-order valence-corrected chi connectivity index (χ0v) is 19.9. The quantitative estimate of drug-likeness (QED) is 0.354. The van der Waals surface area contributed by atoms with E-state index in [1.807, 2.05) is 67.8 Å². The van der Waals surface area contributed by atoms with Gasteiger partial charge in [0, 0.05) is 16.0 Å². The van der Waals surface area contributed by atoms with Crippen molar-refractivity contribution >= 4 is 51.5 Å². The molecule has 170 valence electrons. The predicted octanol–water partition coefficient (Wildman–Crippen LogP) is 6.20. The van der Waals surface area contributed by atoms with Gasteiger partial charge in [-0.15, -0.1) is 11.3 Å². The molecule has 5 nitrogen and oxygen atoms in total. The summed E-state index contributed by atoms with van der Waals surface area (Å²) in [4.78, 5) is 31.8. The maximum atomic E-state index is 13.3. The molecule has 5 rings (SSSR count). The van der Waals surface area contributed by atoms with Crippen molar-refractivity contribution < 1.29 is 14.3 Å². The van der Waals surface area contributed by atoms with E-state index in [0.29, 0.717) is 17.7 Å². The summed E-state index contributed by atoms with van der Waals surface area (Å²) < 4.78 is 5.50. The lowest BCUT2D eigenvalue weighted by atomic mass is 10.0. The van der Waals surface area contributed by atoms with Crippen LogP contribution in [0, 0.1) is 13.8 Å². The number of amides is 1. The van der Waals surface area contributed by atoms with Crippen LogP contribution in [0.15, 0.2) is 60.0 Å². The molecule has 0 radical (unpaired) electrons. The first-order valence-electron chi connectivity index (χ1n) is 11.2. The molecule has 2 heterocycles. The molecule has 34 heavy (non-hydrogen) atoms. The fraction of sp³-hybridized carbons (Fsp3) is 0.179. The van der Waals surface area contributed by atoms with Crippen LogP contribution >= 0.6 is 11.3 Å². The number of carbonyl (C=O) groups is 2. The Hall–Kier alpha value is -3.77. The van der Waals surface area contributed by atoms with Gasteiger partial charge < -0.3 is 10.1 Å². The Morgan fingerprint density at radius 3 is 2.62 bits per heavy atom. The van der Waals surface area contributed by atoms with Crippen LogP contribution < -0.4 is 5.32 Å². The summed E-state index contributed by atoms with van der Waals surface area (Å²) in [5.41, 5.74) is 6.90. The molecule has 2 aromatic heterocycles. The first kappa shape index (κ1) is 22.0. The Balaban J connectivity index is 1.42. The molecule has 2 aromatic carbocycles. The number of anilines is 1. The predicted molar refractivity (Wildman–Crippen MR) is 137 cm³/mol. The van der Waals surface area contributed by atoms with E-state index in [2.05, 4.69) is 17.5 Å². The lowest BCUT2D eigenvalue weighted by Crippen LogP contribution is -2.22. The fourth-order valence-corrected chi connectivity index (χ4v) is 5.19. The maximum absolute atomic E-state index is 13.3. The maximum Gasteiger partial charge on any atom is 0.339 e. The third-order valence-corrected chi connectivity index (χ3v) is 6.66. The highest BCUT2D eigenvalue weighted by atomic mass is 32.1. The van der Waals surface area contributed by atoms with Crippen LogP contribution in [0.3, 0.4) is 0 Å². The molecular formula is C28H24N2O3S. The van der Waals surface area contributed by atoms with Gasteiger partial charge in [0.1, 0.15) is 0 Å². The minimum Gasteiger partial charge on any atom is -0.452 e. The molecule has 0 atom stereocenters. The zero-order chi connectivity index (χ0) is 23.7. The van der Waals surface area contributed by atoms with E-state index >= 15 is 0 Å². The van der Waals surface area contributed by atoms with E-state index in [4.69, 9.17) is 9.72 Å². The highest BCUT2D eigenvalue weighted by molar-refractivity contribution is 7.10. The number of esters is 1. The molecule has 0 spiro atoms. The number of fused-ring (bicyclic) bond motifs is 2. The molecule has 0 fully saturated rings. The summed E-state index contributed by atoms with van der Waals surface area (Å²) in [7, 11) is 0. The molecule has 1 aliphatic carbocycles. The second kappa shape index (κ2) is 9.23. The standard InChI is InChI=1S/C28H24N2O3S/c1-17-12-18(2)14-20(13-17)29-25(31)16-33-28(32)26-22-7-3-4-8-24(22)30-27-19(9-10-23(26)27)15-21-6-5-11-34-21/h3-8,11-15H,9-10,16H2,1-2H3,(H,29,31)/b19-15+. The number of carbonyl (C=O) groups excluding carboxylic acids is 2. The minimum absolute atomic E-state index is 0.352. The number of thiophene rings is 1. The van der Waals surface area contributed by atoms with Gasteiger partial charge in [-0.25, -0.2) is 9.78 Å². The number of benzene rings is 2. The normalized spacial score (nSPS) is 13.8. The van der Waals surface area contributed by atoms with Crippen molar-refractivity contribution in [2.75, 3.05) is 11.9 Å². The van der Waals surface area contributed by atoms with Crippen LogP contribution in [0.25, 0.3) is 22.6 Å². The lowest BCUT2D eigenvalue weighted by Gasteiger charge is -2.13. The molecular weight excluding hydrogens is 444 g/mol. The van der Waals surface area contributed by atoms with E-state index in [9.17, 15) is 9.59 Å². The molecule has 0 aliphatic heterocycles. The SMILES string of the molecule is Cc1cc(C)cc(NC(=O)COC(=O)c2c3c(nc4ccccc24)/C(=C/c2cccs2)CC3)c1. The summed E-state index contributed by atoms with van der Waals surface area (Å²) in [6.45, 7) is 3.59. The van der Waals surface area contributed by atoms with Gasteiger partial charge in [-0.05, 0) is 84.7 Å². The van der Waals surface area contributed by atoms with Crippen molar-refractivity contribution in [1.82, 2.24) is 4.98 Å². The summed E-state index contributed by atoms with van der Waals surface area (Å²) in [5.74, 6) is -0.866. The van der Waals surface area contributed by atoms with Crippen LogP contribution in [-0.4, -0.2) is 23.5 Å². The van der Waals surface area contributed by atoms with Crippen molar-refractivity contribution in [3.63, 3.8) is 0 Å². The van der Waals surface area contributed by atoms with Gasteiger partial charge in [0.2, 0.25) is 0 Å². The molecule has 0 bridgehead atoms. The Kier molecular flexibility index (Phi) is 5.99. The summed E-state index contributed by atoms with van der Waals surface area (Å²) in [6.07, 6.45) is 3.66. The molecule has 0 unspecified atom stereocenters. The van der Waals surface area contributed by atoms with Crippen LogP contribution in [0.5, 0.6) is 0 Å². The zero-order valence-electron chi connectivity index (χ0n) is 19.1. The monoisotopic (exact) mass is 468 g/mol. The molecule has 0 saturated heterocycles. The first-order valence-corrected chi connectivity index (χ1v) is 12.1. The second-order valence-electron chi connectivity index (χ2n) is 8.52. The van der Waals surface area contributed by atoms with Crippen molar-refractivity contribution in [3.8, 4) is 0 Å². The van der Waals surface area contributed by atoms with E-state index in [1.54, 1.807) is 11.3 Å². The average Bonchev–Trinajstić information content (AvgIpc) is 3.46. The number of hydrogen-bond acceptors (Lipinski definition) is 5. The number of nitrogens with one attached hydrogen (secondary N) is 1. The van der Waals surface area contributed by atoms with E-state index < -0.39 is 5.97 Å². The number of nitrogens with zero attached hydrogens (tertiary/aromatic N) is 1. The molecule has 6 heteroatoms. The third-order valence-electron chi connectivity index (χ3n) is 5.85. The van der Waals surface area contributed by atoms with Gasteiger partial charge in [0.05, 0.1) is 16.8 Å².